The summed E-state index contributed by atoms with van der Waals surface area (Å²) in [6.07, 6.45) is 11.6. The fraction of sp³-hybridized carbons (Fsp3) is 0.500. The van der Waals surface area contributed by atoms with Crippen molar-refractivity contribution in [1.29, 1.82) is 0 Å². The van der Waals surface area contributed by atoms with Crippen molar-refractivity contribution in [3.05, 3.63) is 48.0 Å². The molecule has 184 valence electrons. The average molecular weight is 543 g/mol. The summed E-state index contributed by atoms with van der Waals surface area (Å²) in [5, 5.41) is 0. The van der Waals surface area contributed by atoms with Crippen LogP contribution in [0.1, 0.15) is 76.7 Å². The van der Waals surface area contributed by atoms with Gasteiger partial charge in [0.15, 0.2) is 0 Å². The van der Waals surface area contributed by atoms with Crippen LogP contribution >= 0.6 is 0 Å². The standard InChI is InChI=1S/C24H34O7S2.2Na/c1-2-3-4-5-6-7-8-9-10-12-15-20-18-23(32(25,26)27)24(33(28,29)30)19-22(20)31-21-16-13-11-14-17-21;;/h11,13-14,16-19H,2-10,12,15H2,1H3,(H,25,26,27)(H,28,29,30);;/q;2*+1/p-2. The molecule has 0 spiro atoms. The van der Waals surface area contributed by atoms with E-state index in [0.29, 0.717) is 24.2 Å². The third-order valence-electron chi connectivity index (χ3n) is 5.44. The van der Waals surface area contributed by atoms with Crippen molar-refractivity contribution in [2.45, 2.75) is 87.3 Å². The third kappa shape index (κ3) is 12.9. The summed E-state index contributed by atoms with van der Waals surface area (Å²) in [5.74, 6) is 0.452. The van der Waals surface area contributed by atoms with E-state index >= 15 is 0 Å². The molecule has 0 aliphatic heterocycles. The maximum absolute atomic E-state index is 11.7. The van der Waals surface area contributed by atoms with E-state index in [1.54, 1.807) is 30.3 Å². The Balaban J connectivity index is 0.00000578. The monoisotopic (exact) mass is 542 g/mol. The zero-order valence-corrected chi connectivity index (χ0v) is 26.6. The number of ether oxygens (including phenoxy) is 1. The van der Waals surface area contributed by atoms with Crippen molar-refractivity contribution in [2.75, 3.05) is 0 Å². The Kier molecular flexibility index (Phi) is 17.6. The molecule has 0 N–H and O–H groups in total. The average Bonchev–Trinajstić information content (AvgIpc) is 2.75. The van der Waals surface area contributed by atoms with E-state index in [9.17, 15) is 25.9 Å². The molecule has 0 unspecified atom stereocenters. The predicted octanol–water partition coefficient (Wildman–Crippen LogP) is -0.241. The molecule has 2 aromatic carbocycles. The van der Waals surface area contributed by atoms with Gasteiger partial charge in [0.1, 0.15) is 31.7 Å². The molecule has 0 saturated carbocycles. The second-order valence-corrected chi connectivity index (χ2v) is 10.9. The first-order valence-corrected chi connectivity index (χ1v) is 14.3. The van der Waals surface area contributed by atoms with Crippen LogP contribution in [-0.2, 0) is 26.7 Å². The van der Waals surface area contributed by atoms with Gasteiger partial charge in [0.2, 0.25) is 0 Å². The maximum Gasteiger partial charge on any atom is 1.00 e. The minimum atomic E-state index is -5.20. The van der Waals surface area contributed by atoms with Crippen LogP contribution in [0.5, 0.6) is 11.5 Å². The Morgan fingerprint density at radius 3 is 1.63 bits per heavy atom. The van der Waals surface area contributed by atoms with Gasteiger partial charge in [-0.05, 0) is 42.7 Å². The molecule has 0 aromatic heterocycles. The van der Waals surface area contributed by atoms with Crippen LogP contribution in [0, 0.1) is 0 Å². The molecule has 7 nitrogen and oxygen atoms in total. The smallest absolute Gasteiger partial charge is 0.744 e. The largest absolute Gasteiger partial charge is 1.00 e. The van der Waals surface area contributed by atoms with Gasteiger partial charge >= 0.3 is 59.1 Å². The molecular formula is C24H32Na2O7S2. The van der Waals surface area contributed by atoms with Crippen LogP contribution in [0.25, 0.3) is 0 Å². The molecule has 0 bridgehead atoms. The topological polar surface area (TPSA) is 124 Å². The molecule has 0 saturated heterocycles. The van der Waals surface area contributed by atoms with Gasteiger partial charge in [0, 0.05) is 0 Å². The zero-order valence-electron chi connectivity index (χ0n) is 21.0. The molecule has 0 aliphatic rings. The Bertz CT molecular complexity index is 1090. The summed E-state index contributed by atoms with van der Waals surface area (Å²) in [6, 6.07) is 10.3. The second-order valence-electron chi connectivity index (χ2n) is 8.16. The molecule has 2 aromatic rings. The van der Waals surface area contributed by atoms with Crippen LogP contribution in [0.2, 0.25) is 0 Å². The van der Waals surface area contributed by atoms with Crippen LogP contribution in [0.3, 0.4) is 0 Å². The molecule has 0 radical (unpaired) electrons. The summed E-state index contributed by atoms with van der Waals surface area (Å²) in [7, 11) is -10.4. The normalized spacial score (nSPS) is 11.4. The minimum absolute atomic E-state index is 0. The Morgan fingerprint density at radius 1 is 0.686 bits per heavy atom. The fourth-order valence-electron chi connectivity index (χ4n) is 3.68. The Hall–Kier alpha value is 0.0600. The van der Waals surface area contributed by atoms with Crippen molar-refractivity contribution < 1.29 is 89.8 Å². The van der Waals surface area contributed by atoms with Gasteiger partial charge in [-0.3, -0.25) is 0 Å². The van der Waals surface area contributed by atoms with Gasteiger partial charge in [-0.1, -0.05) is 82.9 Å². The molecule has 11 heteroatoms. The van der Waals surface area contributed by atoms with E-state index in [-0.39, 0.29) is 64.9 Å². The summed E-state index contributed by atoms with van der Waals surface area (Å²) in [6.45, 7) is 2.19. The molecule has 0 fully saturated rings. The molecule has 0 atom stereocenters. The van der Waals surface area contributed by atoms with E-state index < -0.39 is 30.0 Å². The molecular weight excluding hydrogens is 510 g/mol. The van der Waals surface area contributed by atoms with E-state index in [2.05, 4.69) is 6.92 Å². The van der Waals surface area contributed by atoms with E-state index in [0.717, 1.165) is 31.4 Å². The molecule has 35 heavy (non-hydrogen) atoms. The van der Waals surface area contributed by atoms with Crippen molar-refractivity contribution >= 4 is 20.2 Å². The molecule has 2 rings (SSSR count). The third-order valence-corrected chi connectivity index (χ3v) is 7.32. The number of hydrogen-bond acceptors (Lipinski definition) is 7. The van der Waals surface area contributed by atoms with Gasteiger partial charge in [-0.2, -0.15) is 0 Å². The number of rotatable bonds is 15. The number of unbranched alkanes of at least 4 members (excludes halogenated alkanes) is 9. The Morgan fingerprint density at radius 2 is 1.14 bits per heavy atom. The van der Waals surface area contributed by atoms with E-state index in [4.69, 9.17) is 4.74 Å². The first-order valence-electron chi connectivity index (χ1n) is 11.4. The number of aryl methyl sites for hydroxylation is 1. The summed E-state index contributed by atoms with van der Waals surface area (Å²) in [4.78, 5) is -2.12. The molecule has 0 amide bonds. The number of hydrogen-bond donors (Lipinski definition) is 0. The summed E-state index contributed by atoms with van der Waals surface area (Å²) >= 11 is 0. The summed E-state index contributed by atoms with van der Waals surface area (Å²) in [5.41, 5.74) is 0.375. The molecule has 0 heterocycles. The van der Waals surface area contributed by atoms with E-state index in [1.165, 1.54) is 38.5 Å². The first kappa shape index (κ1) is 35.1. The van der Waals surface area contributed by atoms with Crippen molar-refractivity contribution in [1.82, 2.24) is 0 Å². The molecule has 0 aliphatic carbocycles. The fourth-order valence-corrected chi connectivity index (χ4v) is 5.44. The summed E-state index contributed by atoms with van der Waals surface area (Å²) < 4.78 is 75.7. The maximum atomic E-state index is 11.7. The quantitative estimate of drug-likeness (QED) is 0.173. The van der Waals surface area contributed by atoms with Gasteiger partial charge in [0.25, 0.3) is 0 Å². The van der Waals surface area contributed by atoms with Crippen LogP contribution in [0.4, 0.5) is 0 Å². The van der Waals surface area contributed by atoms with Gasteiger partial charge in [-0.25, -0.2) is 16.8 Å². The second kappa shape index (κ2) is 17.5. The van der Waals surface area contributed by atoms with Crippen molar-refractivity contribution in [3.8, 4) is 11.5 Å². The SMILES string of the molecule is CCCCCCCCCCCCc1cc(S(=O)(=O)[O-])c(S(=O)(=O)[O-])cc1Oc1ccccc1.[Na+].[Na+]. The zero-order chi connectivity index (χ0) is 24.3. The van der Waals surface area contributed by atoms with Gasteiger partial charge in [0.05, 0.1) is 9.79 Å². The van der Waals surface area contributed by atoms with Gasteiger partial charge < -0.3 is 13.8 Å². The number of para-hydroxylation sites is 1. The minimum Gasteiger partial charge on any atom is -0.744 e. The van der Waals surface area contributed by atoms with Crippen LogP contribution in [-0.4, -0.2) is 25.9 Å². The van der Waals surface area contributed by atoms with Crippen molar-refractivity contribution in [2.24, 2.45) is 0 Å². The predicted molar refractivity (Wildman–Crippen MR) is 124 cm³/mol. The first-order chi connectivity index (χ1) is 15.6. The van der Waals surface area contributed by atoms with Gasteiger partial charge in [-0.15, -0.1) is 0 Å². The number of benzene rings is 2. The van der Waals surface area contributed by atoms with Crippen LogP contribution < -0.4 is 63.9 Å². The van der Waals surface area contributed by atoms with Crippen molar-refractivity contribution in [3.63, 3.8) is 0 Å². The Labute approximate surface area is 254 Å². The van der Waals surface area contributed by atoms with Crippen LogP contribution in [0.15, 0.2) is 52.3 Å². The van der Waals surface area contributed by atoms with E-state index in [1.807, 2.05) is 0 Å².